The minimum Gasteiger partial charge on any atom is -0.369 e. The van der Waals surface area contributed by atoms with Gasteiger partial charge in [-0.05, 0) is 12.1 Å². The van der Waals surface area contributed by atoms with E-state index in [9.17, 15) is 19.7 Å². The molecule has 2 amide bonds. The lowest BCUT2D eigenvalue weighted by Gasteiger charge is -2.10. The molecule has 0 spiro atoms. The largest absolute Gasteiger partial charge is 0.369 e. The molecule has 0 heterocycles. The molecule has 24 heavy (non-hydrogen) atoms. The summed E-state index contributed by atoms with van der Waals surface area (Å²) in [6, 6.07) is 13.1. The molecule has 2 aromatic carbocycles. The van der Waals surface area contributed by atoms with Gasteiger partial charge in [0.1, 0.15) is 0 Å². The van der Waals surface area contributed by atoms with Gasteiger partial charge < -0.3 is 11.1 Å². The van der Waals surface area contributed by atoms with Gasteiger partial charge in [0.05, 0.1) is 22.8 Å². The van der Waals surface area contributed by atoms with E-state index in [1.165, 1.54) is 17.8 Å². The van der Waals surface area contributed by atoms with Gasteiger partial charge in [0, 0.05) is 16.5 Å². The average molecular weight is 345 g/mol. The average Bonchev–Trinajstić information content (AvgIpc) is 2.54. The van der Waals surface area contributed by atoms with Crippen molar-refractivity contribution in [3.05, 3.63) is 64.2 Å². The van der Waals surface area contributed by atoms with E-state index in [0.717, 1.165) is 0 Å². The molecular formula is C16H15N3O4S. The summed E-state index contributed by atoms with van der Waals surface area (Å²) in [5.41, 5.74) is 5.90. The van der Waals surface area contributed by atoms with Crippen LogP contribution in [-0.4, -0.2) is 22.5 Å². The molecule has 0 aromatic heterocycles. The number of amides is 2. The normalized spacial score (nSPS) is 10.2. The lowest BCUT2D eigenvalue weighted by atomic mass is 10.1. The van der Waals surface area contributed by atoms with Gasteiger partial charge in [0.2, 0.25) is 11.8 Å². The Morgan fingerprint density at radius 1 is 1.12 bits per heavy atom. The number of nitrogens with two attached hydrogens (primary N) is 1. The highest BCUT2D eigenvalue weighted by molar-refractivity contribution is 8.00. The zero-order chi connectivity index (χ0) is 17.5. The van der Waals surface area contributed by atoms with Crippen LogP contribution >= 0.6 is 11.8 Å². The van der Waals surface area contributed by atoms with Crippen LogP contribution in [0.3, 0.4) is 0 Å². The van der Waals surface area contributed by atoms with Crippen LogP contribution in [0, 0.1) is 10.1 Å². The number of benzene rings is 2. The number of hydrogen-bond donors (Lipinski definition) is 2. The smallest absolute Gasteiger partial charge is 0.273 e. The highest BCUT2D eigenvalue weighted by atomic mass is 32.2. The number of nitrogens with one attached hydrogen (secondary N) is 1. The lowest BCUT2D eigenvalue weighted by Crippen LogP contribution is -2.16. The topological polar surface area (TPSA) is 115 Å². The van der Waals surface area contributed by atoms with Crippen molar-refractivity contribution in [3.8, 4) is 0 Å². The molecule has 0 aliphatic carbocycles. The fourth-order valence-corrected chi connectivity index (χ4v) is 2.80. The summed E-state index contributed by atoms with van der Waals surface area (Å²) in [7, 11) is 0. The van der Waals surface area contributed by atoms with Crippen LogP contribution in [0.15, 0.2) is 53.4 Å². The van der Waals surface area contributed by atoms with Gasteiger partial charge in [-0.15, -0.1) is 11.8 Å². The monoisotopic (exact) mass is 345 g/mol. The second-order valence-corrected chi connectivity index (χ2v) is 5.88. The van der Waals surface area contributed by atoms with Gasteiger partial charge in [0.15, 0.2) is 0 Å². The minimum atomic E-state index is -0.515. The summed E-state index contributed by atoms with van der Waals surface area (Å²) < 4.78 is 0. The van der Waals surface area contributed by atoms with Crippen LogP contribution in [0.4, 0.5) is 11.4 Å². The van der Waals surface area contributed by atoms with E-state index >= 15 is 0 Å². The molecule has 0 aliphatic rings. The van der Waals surface area contributed by atoms with Crippen molar-refractivity contribution in [2.75, 3.05) is 11.1 Å². The summed E-state index contributed by atoms with van der Waals surface area (Å²) in [6.45, 7) is 0. The number of hydrogen-bond acceptors (Lipinski definition) is 5. The van der Waals surface area contributed by atoms with Gasteiger partial charge in [0.25, 0.3) is 5.69 Å². The number of primary amides is 1. The molecule has 0 atom stereocenters. The van der Waals surface area contributed by atoms with Gasteiger partial charge in [-0.3, -0.25) is 19.7 Å². The molecule has 2 aromatic rings. The summed E-state index contributed by atoms with van der Waals surface area (Å²) in [6.07, 6.45) is -0.119. The molecule has 2 rings (SSSR count). The predicted octanol–water partition coefficient (Wildman–Crippen LogP) is 2.35. The Balaban J connectivity index is 2.11. The van der Waals surface area contributed by atoms with Crippen molar-refractivity contribution in [3.63, 3.8) is 0 Å². The Bertz CT molecular complexity index is 779. The van der Waals surface area contributed by atoms with Crippen LogP contribution in [0.5, 0.6) is 0 Å². The molecule has 3 N–H and O–H groups in total. The summed E-state index contributed by atoms with van der Waals surface area (Å²) >= 11 is 1.21. The van der Waals surface area contributed by atoms with E-state index in [-0.39, 0.29) is 23.8 Å². The maximum Gasteiger partial charge on any atom is 0.273 e. The van der Waals surface area contributed by atoms with Crippen LogP contribution in [0.2, 0.25) is 0 Å². The second kappa shape index (κ2) is 8.11. The number of para-hydroxylation sites is 2. The van der Waals surface area contributed by atoms with E-state index in [2.05, 4.69) is 5.32 Å². The molecule has 7 nitrogen and oxygen atoms in total. The maximum atomic E-state index is 12.2. The Morgan fingerprint density at radius 3 is 2.50 bits per heavy atom. The summed E-state index contributed by atoms with van der Waals surface area (Å²) in [5.74, 6) is -0.741. The number of carbonyl (C=O) groups excluding carboxylic acids is 2. The van der Waals surface area contributed by atoms with Crippen molar-refractivity contribution in [2.24, 2.45) is 5.73 Å². The Hall–Kier alpha value is -2.87. The zero-order valence-corrected chi connectivity index (χ0v) is 13.4. The van der Waals surface area contributed by atoms with E-state index in [0.29, 0.717) is 16.1 Å². The van der Waals surface area contributed by atoms with Crippen molar-refractivity contribution in [1.82, 2.24) is 0 Å². The molecule has 124 valence electrons. The number of thioether (sulfide) groups is 1. The molecular weight excluding hydrogens is 330 g/mol. The summed E-state index contributed by atoms with van der Waals surface area (Å²) in [5, 5.41) is 13.7. The van der Waals surface area contributed by atoms with Gasteiger partial charge in [-0.25, -0.2) is 0 Å². The van der Waals surface area contributed by atoms with E-state index in [1.54, 1.807) is 42.5 Å². The van der Waals surface area contributed by atoms with Gasteiger partial charge in [-0.1, -0.05) is 30.3 Å². The Labute approximate surface area is 142 Å². The summed E-state index contributed by atoms with van der Waals surface area (Å²) in [4.78, 5) is 34.3. The Morgan fingerprint density at radius 2 is 1.79 bits per heavy atom. The number of rotatable bonds is 7. The highest BCUT2D eigenvalue weighted by Gasteiger charge is 2.16. The van der Waals surface area contributed by atoms with Gasteiger partial charge >= 0.3 is 0 Å². The first-order valence-corrected chi connectivity index (χ1v) is 7.98. The fourth-order valence-electron chi connectivity index (χ4n) is 2.05. The van der Waals surface area contributed by atoms with Crippen LogP contribution in [0.25, 0.3) is 0 Å². The first-order chi connectivity index (χ1) is 11.5. The molecule has 0 unspecified atom stereocenters. The van der Waals surface area contributed by atoms with Crippen molar-refractivity contribution >= 4 is 35.0 Å². The Kier molecular flexibility index (Phi) is 5.91. The molecule has 0 bridgehead atoms. The van der Waals surface area contributed by atoms with E-state index in [4.69, 9.17) is 5.73 Å². The number of nitrogens with zero attached hydrogens (tertiary/aromatic N) is 1. The van der Waals surface area contributed by atoms with Crippen LogP contribution in [0.1, 0.15) is 5.56 Å². The molecule has 0 radical (unpaired) electrons. The lowest BCUT2D eigenvalue weighted by molar-refractivity contribution is -0.385. The predicted molar refractivity (Wildman–Crippen MR) is 91.8 cm³/mol. The second-order valence-electron chi connectivity index (χ2n) is 4.86. The standard InChI is InChI=1S/C16H15N3O4S/c17-15(20)10-24-14-8-4-2-6-12(14)18-16(21)9-11-5-1-3-7-13(11)19(22)23/h1-8H,9-10H2,(H2,17,20)(H,18,21). The van der Waals surface area contributed by atoms with Crippen molar-refractivity contribution in [2.45, 2.75) is 11.3 Å². The minimum absolute atomic E-state index is 0.0935. The van der Waals surface area contributed by atoms with Crippen molar-refractivity contribution < 1.29 is 14.5 Å². The molecule has 0 saturated carbocycles. The molecule has 8 heteroatoms. The van der Waals surface area contributed by atoms with Crippen molar-refractivity contribution in [1.29, 1.82) is 0 Å². The third kappa shape index (κ3) is 4.82. The third-order valence-corrected chi connectivity index (χ3v) is 4.17. The third-order valence-electron chi connectivity index (χ3n) is 3.07. The molecule has 0 fully saturated rings. The number of nitro groups is 1. The first-order valence-electron chi connectivity index (χ1n) is 6.99. The zero-order valence-electron chi connectivity index (χ0n) is 12.6. The SMILES string of the molecule is NC(=O)CSc1ccccc1NC(=O)Cc1ccccc1[N+](=O)[O-]. The maximum absolute atomic E-state index is 12.2. The molecule has 0 aliphatic heterocycles. The van der Waals surface area contributed by atoms with Crippen LogP contribution < -0.4 is 11.1 Å². The fraction of sp³-hybridized carbons (Fsp3) is 0.125. The van der Waals surface area contributed by atoms with Crippen LogP contribution in [-0.2, 0) is 16.0 Å². The van der Waals surface area contributed by atoms with E-state index < -0.39 is 10.8 Å². The number of anilines is 1. The first kappa shape index (κ1) is 17.5. The highest BCUT2D eigenvalue weighted by Crippen LogP contribution is 2.27. The molecule has 0 saturated heterocycles. The number of carbonyl (C=O) groups is 2. The number of nitro benzene ring substituents is 1. The van der Waals surface area contributed by atoms with Gasteiger partial charge in [-0.2, -0.15) is 0 Å². The van der Waals surface area contributed by atoms with E-state index in [1.807, 2.05) is 0 Å². The quantitative estimate of drug-likeness (QED) is 0.454.